The summed E-state index contributed by atoms with van der Waals surface area (Å²) < 4.78 is 31.3. The maximum absolute atomic E-state index is 13.1. The van der Waals surface area contributed by atoms with E-state index in [1.54, 1.807) is 6.07 Å². The second-order valence-electron chi connectivity index (χ2n) is 4.38. The van der Waals surface area contributed by atoms with E-state index < -0.39 is 17.4 Å². The standard InChI is InChI=1S/C16H11BrF2O3/c1-22-15-7-9(6-11(17)16(15)21)2-5-14(20)10-3-4-12(18)13(19)8-10/h2-8,21H,1H3/b5-2+. The lowest BCUT2D eigenvalue weighted by Gasteiger charge is -2.06. The number of ether oxygens (including phenoxy) is 1. The summed E-state index contributed by atoms with van der Waals surface area (Å²) >= 11 is 3.17. The van der Waals surface area contributed by atoms with Crippen LogP contribution in [0, 0.1) is 11.6 Å². The highest BCUT2D eigenvalue weighted by atomic mass is 79.9. The minimum atomic E-state index is -1.08. The number of phenolic OH excluding ortho intramolecular Hbond substituents is 1. The first-order chi connectivity index (χ1) is 10.4. The molecule has 22 heavy (non-hydrogen) atoms. The number of carbonyl (C=O) groups excluding carboxylic acids is 1. The predicted molar refractivity (Wildman–Crippen MR) is 82.1 cm³/mol. The van der Waals surface area contributed by atoms with E-state index >= 15 is 0 Å². The van der Waals surface area contributed by atoms with Crippen LogP contribution in [0.5, 0.6) is 11.5 Å². The average molecular weight is 369 g/mol. The lowest BCUT2D eigenvalue weighted by Crippen LogP contribution is -1.96. The number of allylic oxidation sites excluding steroid dienone is 1. The Hall–Kier alpha value is -2.21. The number of phenols is 1. The highest BCUT2D eigenvalue weighted by Crippen LogP contribution is 2.35. The SMILES string of the molecule is COc1cc(/C=C/C(=O)c2ccc(F)c(F)c2)cc(Br)c1O. The maximum Gasteiger partial charge on any atom is 0.185 e. The summed E-state index contributed by atoms with van der Waals surface area (Å²) in [5.41, 5.74) is 0.636. The van der Waals surface area contributed by atoms with Crippen molar-refractivity contribution < 1.29 is 23.4 Å². The second-order valence-corrected chi connectivity index (χ2v) is 5.23. The summed E-state index contributed by atoms with van der Waals surface area (Å²) in [6.45, 7) is 0. The summed E-state index contributed by atoms with van der Waals surface area (Å²) in [5, 5.41) is 9.69. The number of methoxy groups -OCH3 is 1. The molecule has 0 heterocycles. The van der Waals surface area contributed by atoms with Crippen molar-refractivity contribution in [1.29, 1.82) is 0 Å². The minimum absolute atomic E-state index is 0.0416. The molecule has 0 aliphatic carbocycles. The molecule has 0 aliphatic heterocycles. The van der Waals surface area contributed by atoms with Crippen LogP contribution in [-0.4, -0.2) is 18.0 Å². The van der Waals surface area contributed by atoms with Gasteiger partial charge in [0.15, 0.2) is 28.9 Å². The third-order valence-electron chi connectivity index (χ3n) is 2.90. The lowest BCUT2D eigenvalue weighted by molar-refractivity contribution is 0.104. The van der Waals surface area contributed by atoms with Crippen molar-refractivity contribution >= 4 is 27.8 Å². The molecule has 0 aliphatic rings. The molecular weight excluding hydrogens is 358 g/mol. The first kappa shape index (κ1) is 16.2. The van der Waals surface area contributed by atoms with E-state index in [1.165, 1.54) is 31.4 Å². The van der Waals surface area contributed by atoms with E-state index in [4.69, 9.17) is 4.74 Å². The molecule has 114 valence electrons. The van der Waals surface area contributed by atoms with Crippen LogP contribution in [0.25, 0.3) is 6.08 Å². The van der Waals surface area contributed by atoms with Crippen LogP contribution >= 0.6 is 15.9 Å². The van der Waals surface area contributed by atoms with Gasteiger partial charge in [0.25, 0.3) is 0 Å². The molecule has 1 N–H and O–H groups in total. The van der Waals surface area contributed by atoms with Crippen LogP contribution in [0.1, 0.15) is 15.9 Å². The highest BCUT2D eigenvalue weighted by Gasteiger charge is 2.09. The predicted octanol–water partition coefficient (Wildman–Crippen LogP) is 4.34. The van der Waals surface area contributed by atoms with Gasteiger partial charge in [-0.15, -0.1) is 0 Å². The Morgan fingerprint density at radius 3 is 2.59 bits per heavy atom. The number of hydrogen-bond donors (Lipinski definition) is 1. The molecule has 0 radical (unpaired) electrons. The second kappa shape index (κ2) is 6.70. The number of rotatable bonds is 4. The molecule has 0 fully saturated rings. The zero-order valence-electron chi connectivity index (χ0n) is 11.4. The van der Waals surface area contributed by atoms with Gasteiger partial charge in [-0.3, -0.25) is 4.79 Å². The van der Waals surface area contributed by atoms with Gasteiger partial charge in [-0.1, -0.05) is 6.08 Å². The van der Waals surface area contributed by atoms with Gasteiger partial charge in [-0.05, 0) is 57.9 Å². The number of ketones is 1. The van der Waals surface area contributed by atoms with Crippen molar-refractivity contribution in [3.05, 3.63) is 63.6 Å². The number of hydrogen-bond acceptors (Lipinski definition) is 3. The van der Waals surface area contributed by atoms with E-state index in [-0.39, 0.29) is 17.1 Å². The fourth-order valence-electron chi connectivity index (χ4n) is 1.76. The zero-order chi connectivity index (χ0) is 16.3. The topological polar surface area (TPSA) is 46.5 Å². The van der Waals surface area contributed by atoms with Crippen molar-refractivity contribution in [2.75, 3.05) is 7.11 Å². The Kier molecular flexibility index (Phi) is 4.92. The van der Waals surface area contributed by atoms with E-state index in [1.807, 2.05) is 0 Å². The molecule has 2 rings (SSSR count). The van der Waals surface area contributed by atoms with E-state index in [9.17, 15) is 18.7 Å². The molecule has 0 saturated carbocycles. The van der Waals surface area contributed by atoms with Crippen LogP contribution in [0.15, 0.2) is 40.9 Å². The first-order valence-electron chi connectivity index (χ1n) is 6.16. The maximum atomic E-state index is 13.1. The van der Waals surface area contributed by atoms with E-state index in [2.05, 4.69) is 15.9 Å². The van der Waals surface area contributed by atoms with Gasteiger partial charge < -0.3 is 9.84 Å². The van der Waals surface area contributed by atoms with Gasteiger partial charge >= 0.3 is 0 Å². The third-order valence-corrected chi connectivity index (χ3v) is 3.51. The van der Waals surface area contributed by atoms with Gasteiger partial charge in [-0.25, -0.2) is 8.78 Å². The third kappa shape index (κ3) is 3.51. The number of halogens is 3. The van der Waals surface area contributed by atoms with Crippen molar-refractivity contribution in [3.8, 4) is 11.5 Å². The van der Waals surface area contributed by atoms with E-state index in [0.717, 1.165) is 12.1 Å². The van der Waals surface area contributed by atoms with Crippen LogP contribution in [0.2, 0.25) is 0 Å². The smallest absolute Gasteiger partial charge is 0.185 e. The summed E-state index contributed by atoms with van der Waals surface area (Å²) in [6, 6.07) is 6.08. The minimum Gasteiger partial charge on any atom is -0.503 e. The summed E-state index contributed by atoms with van der Waals surface area (Å²) in [5.74, 6) is -2.36. The van der Waals surface area contributed by atoms with Crippen LogP contribution in [0.3, 0.4) is 0 Å². The Bertz CT molecular complexity index is 757. The van der Waals surface area contributed by atoms with E-state index in [0.29, 0.717) is 10.0 Å². The van der Waals surface area contributed by atoms with Gasteiger partial charge in [0, 0.05) is 5.56 Å². The summed E-state index contributed by atoms with van der Waals surface area (Å²) in [4.78, 5) is 11.9. The number of aromatic hydroxyl groups is 1. The molecule has 0 bridgehead atoms. The van der Waals surface area contributed by atoms with Gasteiger partial charge in [-0.2, -0.15) is 0 Å². The molecule has 3 nitrogen and oxygen atoms in total. The Balaban J connectivity index is 2.26. The molecule has 0 saturated heterocycles. The molecule has 0 atom stereocenters. The molecule has 6 heteroatoms. The van der Waals surface area contributed by atoms with Gasteiger partial charge in [0.1, 0.15) is 0 Å². The van der Waals surface area contributed by atoms with Crippen molar-refractivity contribution in [2.24, 2.45) is 0 Å². The molecule has 0 amide bonds. The normalized spacial score (nSPS) is 10.9. The largest absolute Gasteiger partial charge is 0.503 e. The summed E-state index contributed by atoms with van der Waals surface area (Å²) in [7, 11) is 1.40. The van der Waals surface area contributed by atoms with Gasteiger partial charge in [0.05, 0.1) is 11.6 Å². The Morgan fingerprint density at radius 1 is 1.23 bits per heavy atom. The van der Waals surface area contributed by atoms with Gasteiger partial charge in [0.2, 0.25) is 0 Å². The molecular formula is C16H11BrF2O3. The summed E-state index contributed by atoms with van der Waals surface area (Å²) in [6.07, 6.45) is 2.71. The van der Waals surface area contributed by atoms with Crippen LogP contribution in [-0.2, 0) is 0 Å². The van der Waals surface area contributed by atoms with Crippen LogP contribution in [0.4, 0.5) is 8.78 Å². The quantitative estimate of drug-likeness (QED) is 0.644. The Morgan fingerprint density at radius 2 is 1.95 bits per heavy atom. The molecule has 0 spiro atoms. The van der Waals surface area contributed by atoms with Crippen molar-refractivity contribution in [1.82, 2.24) is 0 Å². The number of carbonyl (C=O) groups is 1. The zero-order valence-corrected chi connectivity index (χ0v) is 13.0. The monoisotopic (exact) mass is 368 g/mol. The molecule has 0 aromatic heterocycles. The van der Waals surface area contributed by atoms with Crippen molar-refractivity contribution in [3.63, 3.8) is 0 Å². The fraction of sp³-hybridized carbons (Fsp3) is 0.0625. The van der Waals surface area contributed by atoms with Crippen molar-refractivity contribution in [2.45, 2.75) is 0 Å². The Labute approximate surface area is 134 Å². The van der Waals surface area contributed by atoms with Crippen LogP contribution < -0.4 is 4.74 Å². The average Bonchev–Trinajstić information content (AvgIpc) is 2.50. The molecule has 2 aromatic carbocycles. The number of benzene rings is 2. The first-order valence-corrected chi connectivity index (χ1v) is 6.95. The fourth-order valence-corrected chi connectivity index (χ4v) is 2.22. The highest BCUT2D eigenvalue weighted by molar-refractivity contribution is 9.10. The molecule has 2 aromatic rings. The lowest BCUT2D eigenvalue weighted by atomic mass is 10.1. The molecule has 0 unspecified atom stereocenters.